The molecule has 41 heavy (non-hydrogen) atoms. The van der Waals surface area contributed by atoms with Gasteiger partial charge in [-0.25, -0.2) is 18.7 Å². The number of carbonyl (C=O) groups excluding carboxylic acids is 2. The van der Waals surface area contributed by atoms with Crippen LogP contribution in [0.3, 0.4) is 0 Å². The van der Waals surface area contributed by atoms with Gasteiger partial charge in [0.1, 0.15) is 12.2 Å². The molecule has 0 saturated carbocycles. The van der Waals surface area contributed by atoms with Gasteiger partial charge in [0.05, 0.1) is 17.1 Å². The SMILES string of the molecule is CC(/C=C/C(C)=C/[C@@H]1Cc2nc(cs2)CC[C@@H](NS(=O)O)CC(=O)O[C@@H](C)C/C(C)=C/C=C\C(=O)O1)=C\CN(C)C. The summed E-state index contributed by atoms with van der Waals surface area (Å²) in [7, 11) is 4.04. The number of hydrogen-bond donors (Lipinski definition) is 2. The maximum Gasteiger partial charge on any atom is 0.331 e. The fourth-order valence-electron chi connectivity index (χ4n) is 4.05. The van der Waals surface area contributed by atoms with Gasteiger partial charge in [0.2, 0.25) is 11.3 Å². The second-order valence-corrected chi connectivity index (χ2v) is 12.2. The minimum atomic E-state index is -2.27. The number of fused-ring (bicyclic) bond motifs is 2. The van der Waals surface area contributed by atoms with Crippen LogP contribution in [-0.2, 0) is 43.2 Å². The molecule has 0 saturated heterocycles. The van der Waals surface area contributed by atoms with E-state index in [0.29, 0.717) is 25.7 Å². The summed E-state index contributed by atoms with van der Waals surface area (Å²) < 4.78 is 34.6. The lowest BCUT2D eigenvalue weighted by Crippen LogP contribution is -2.34. The number of esters is 2. The normalized spacial score (nSPS) is 25.5. The summed E-state index contributed by atoms with van der Waals surface area (Å²) in [6, 6.07) is -0.548. The molecule has 1 aromatic heterocycles. The topological polar surface area (TPSA) is 118 Å². The van der Waals surface area contributed by atoms with Crippen LogP contribution < -0.4 is 4.72 Å². The van der Waals surface area contributed by atoms with Crippen molar-refractivity contribution in [2.24, 2.45) is 0 Å². The highest BCUT2D eigenvalue weighted by atomic mass is 32.2. The van der Waals surface area contributed by atoms with Crippen molar-refractivity contribution in [2.45, 2.75) is 78.0 Å². The van der Waals surface area contributed by atoms with Gasteiger partial charge in [-0.3, -0.25) is 9.35 Å². The summed E-state index contributed by atoms with van der Waals surface area (Å²) in [6.45, 7) is 8.53. The maximum absolute atomic E-state index is 12.7. The predicted octanol–water partition coefficient (Wildman–Crippen LogP) is 4.86. The van der Waals surface area contributed by atoms with Crippen molar-refractivity contribution in [2.75, 3.05) is 20.6 Å². The van der Waals surface area contributed by atoms with Crippen LogP contribution in [0.4, 0.5) is 0 Å². The van der Waals surface area contributed by atoms with Crippen LogP contribution in [0.5, 0.6) is 0 Å². The van der Waals surface area contributed by atoms with Gasteiger partial charge in [-0.2, -0.15) is 0 Å². The van der Waals surface area contributed by atoms with E-state index in [1.54, 1.807) is 19.1 Å². The number of thiazole rings is 1. The van der Waals surface area contributed by atoms with Crippen molar-refractivity contribution < 1.29 is 27.8 Å². The van der Waals surface area contributed by atoms with E-state index in [-0.39, 0.29) is 6.42 Å². The van der Waals surface area contributed by atoms with Gasteiger partial charge < -0.3 is 14.4 Å². The molecule has 9 nitrogen and oxygen atoms in total. The minimum Gasteiger partial charge on any atom is -0.462 e. The van der Waals surface area contributed by atoms with E-state index in [4.69, 9.17) is 14.5 Å². The van der Waals surface area contributed by atoms with Crippen LogP contribution in [0.1, 0.15) is 57.7 Å². The van der Waals surface area contributed by atoms with Gasteiger partial charge in [0, 0.05) is 36.9 Å². The number of cyclic esters (lactones) is 2. The molecule has 226 valence electrons. The van der Waals surface area contributed by atoms with E-state index in [1.807, 2.05) is 58.5 Å². The van der Waals surface area contributed by atoms with Gasteiger partial charge in [-0.05, 0) is 60.7 Å². The lowest BCUT2D eigenvalue weighted by molar-refractivity contribution is -0.148. The molecule has 11 heteroatoms. The third-order valence-corrected chi connectivity index (χ3v) is 7.52. The van der Waals surface area contributed by atoms with Crippen molar-refractivity contribution in [1.82, 2.24) is 14.6 Å². The van der Waals surface area contributed by atoms with Crippen LogP contribution in [0, 0.1) is 0 Å². The van der Waals surface area contributed by atoms with E-state index in [9.17, 15) is 18.4 Å². The molecule has 2 bridgehead atoms. The van der Waals surface area contributed by atoms with E-state index >= 15 is 0 Å². The zero-order valence-corrected chi connectivity index (χ0v) is 26.4. The molecule has 4 atom stereocenters. The molecule has 1 aromatic rings. The number of aromatic nitrogens is 1. The molecule has 2 N–H and O–H groups in total. The first-order chi connectivity index (χ1) is 19.4. The monoisotopic (exact) mass is 605 g/mol. The summed E-state index contributed by atoms with van der Waals surface area (Å²) >= 11 is -0.805. The van der Waals surface area contributed by atoms with Gasteiger partial charge in [-0.1, -0.05) is 47.1 Å². The summed E-state index contributed by atoms with van der Waals surface area (Å²) in [4.78, 5) is 32.0. The predicted molar refractivity (Wildman–Crippen MR) is 165 cm³/mol. The molecular formula is C30H43N3O6S2. The number of nitrogens with one attached hydrogen (secondary N) is 1. The van der Waals surface area contributed by atoms with Gasteiger partial charge in [0.15, 0.2) is 0 Å². The smallest absolute Gasteiger partial charge is 0.331 e. The number of nitrogens with zero attached hydrogens (tertiary/aromatic N) is 2. The second kappa shape index (κ2) is 18.0. The van der Waals surface area contributed by atoms with Crippen LogP contribution >= 0.6 is 11.3 Å². The van der Waals surface area contributed by atoms with Gasteiger partial charge in [0.25, 0.3) is 0 Å². The number of likely N-dealkylation sites (N-methyl/N-ethyl adjacent to an activating group) is 1. The summed E-state index contributed by atoms with van der Waals surface area (Å²) in [6.07, 6.45) is 13.8. The van der Waals surface area contributed by atoms with Crippen LogP contribution in [-0.4, -0.2) is 69.5 Å². The van der Waals surface area contributed by atoms with E-state index in [0.717, 1.165) is 34.0 Å². The van der Waals surface area contributed by atoms with Crippen LogP contribution in [0.2, 0.25) is 0 Å². The quantitative estimate of drug-likeness (QED) is 0.257. The van der Waals surface area contributed by atoms with Gasteiger partial charge >= 0.3 is 11.9 Å². The zero-order valence-electron chi connectivity index (χ0n) is 24.8. The first kappa shape index (κ1) is 34.5. The highest BCUT2D eigenvalue weighted by Crippen LogP contribution is 2.19. The van der Waals surface area contributed by atoms with Crippen molar-refractivity contribution in [1.29, 1.82) is 0 Å². The molecule has 0 fully saturated rings. The average molecular weight is 606 g/mol. The van der Waals surface area contributed by atoms with Crippen molar-refractivity contribution in [3.8, 4) is 0 Å². The number of rotatable bonds is 7. The second-order valence-electron chi connectivity index (χ2n) is 10.5. The molecule has 0 aliphatic carbocycles. The molecule has 1 unspecified atom stereocenters. The zero-order chi connectivity index (χ0) is 30.4. The molecule has 1 aliphatic heterocycles. The Bertz CT molecular complexity index is 1200. The van der Waals surface area contributed by atoms with E-state index in [1.165, 1.54) is 17.4 Å². The Hall–Kier alpha value is -2.70. The number of aryl methyl sites for hydroxylation is 1. The third kappa shape index (κ3) is 15.2. The summed E-state index contributed by atoms with van der Waals surface area (Å²) in [5.74, 6) is -0.916. The standard InChI is InChI=1S/C30H43N3O6S2/c1-21(14-15-33(5)6)10-11-23(3)17-27-19-28-31-26(20-40-28)13-12-25(32-41(36)37)18-30(35)38-24(4)16-22(2)8-7-9-29(34)39-27/h7-11,14,17,20,24-25,27,32H,12-13,15-16,18-19H2,1-6H3,(H,36,37)/b9-7-,11-10+,21-14+,22-8+,23-17+/t24-,25+,27+/m0/s1. The molecule has 0 radical (unpaired) electrons. The Morgan fingerprint density at radius 1 is 1.20 bits per heavy atom. The third-order valence-electron chi connectivity index (χ3n) is 6.06. The van der Waals surface area contributed by atoms with Crippen LogP contribution in [0.15, 0.2) is 64.6 Å². The Morgan fingerprint density at radius 2 is 1.93 bits per heavy atom. The Labute approximate surface area is 250 Å². The fraction of sp³-hybridized carbons (Fsp3) is 0.500. The molecule has 0 aromatic carbocycles. The number of ether oxygens (including phenoxy) is 2. The number of hydrogen-bond acceptors (Lipinski definition) is 8. The highest BCUT2D eigenvalue weighted by Gasteiger charge is 2.20. The molecule has 0 spiro atoms. The lowest BCUT2D eigenvalue weighted by Gasteiger charge is -2.18. The van der Waals surface area contributed by atoms with Crippen molar-refractivity contribution >= 4 is 34.5 Å². The molecule has 0 amide bonds. The van der Waals surface area contributed by atoms with Crippen molar-refractivity contribution in [3.05, 3.63) is 75.3 Å². The fourth-order valence-corrected chi connectivity index (χ4v) is 5.41. The summed E-state index contributed by atoms with van der Waals surface area (Å²) in [5.41, 5.74) is 3.81. The molecular weight excluding hydrogens is 562 g/mol. The highest BCUT2D eigenvalue weighted by molar-refractivity contribution is 7.77. The van der Waals surface area contributed by atoms with E-state index in [2.05, 4.69) is 15.7 Å². The van der Waals surface area contributed by atoms with Gasteiger partial charge in [-0.15, -0.1) is 11.3 Å². The Balaban J connectivity index is 2.30. The van der Waals surface area contributed by atoms with Crippen molar-refractivity contribution in [3.63, 3.8) is 0 Å². The van der Waals surface area contributed by atoms with Crippen LogP contribution in [0.25, 0.3) is 0 Å². The Kier molecular flexibility index (Phi) is 15.1. The summed E-state index contributed by atoms with van der Waals surface area (Å²) in [5, 5.41) is 2.72. The minimum absolute atomic E-state index is 0.0396. The lowest BCUT2D eigenvalue weighted by atomic mass is 10.1. The molecule has 2 heterocycles. The maximum atomic E-state index is 12.7. The first-order valence-corrected chi connectivity index (χ1v) is 15.6. The average Bonchev–Trinajstić information content (AvgIpc) is 3.30. The molecule has 1 aliphatic rings. The van der Waals surface area contributed by atoms with E-state index < -0.39 is 41.5 Å². The number of allylic oxidation sites excluding steroid dienone is 6. The molecule has 2 rings (SSSR count). The number of carbonyl (C=O) groups is 2. The first-order valence-electron chi connectivity index (χ1n) is 13.6. The Morgan fingerprint density at radius 3 is 2.63 bits per heavy atom. The largest absolute Gasteiger partial charge is 0.462 e.